The van der Waals surface area contributed by atoms with Gasteiger partial charge < -0.3 is 19.5 Å². The summed E-state index contributed by atoms with van der Waals surface area (Å²) in [6.07, 6.45) is 0. The number of benzene rings is 2. The molecular formula is C18H17Cl2NO4. The zero-order chi connectivity index (χ0) is 17.8. The molecule has 1 aliphatic heterocycles. The van der Waals surface area contributed by atoms with Gasteiger partial charge in [0.15, 0.2) is 18.1 Å². The minimum Gasteiger partial charge on any atom is -0.486 e. The lowest BCUT2D eigenvalue weighted by Gasteiger charge is -2.21. The molecule has 1 N–H and O–H groups in total. The van der Waals surface area contributed by atoms with Crippen molar-refractivity contribution in [3.8, 4) is 17.2 Å². The molecule has 0 aromatic heterocycles. The first-order valence-electron chi connectivity index (χ1n) is 7.79. The van der Waals surface area contributed by atoms with Crippen LogP contribution in [0.5, 0.6) is 17.2 Å². The molecule has 1 atom stereocenters. The molecule has 1 heterocycles. The molecule has 0 bridgehead atoms. The monoisotopic (exact) mass is 381 g/mol. The van der Waals surface area contributed by atoms with E-state index in [0.717, 1.165) is 11.3 Å². The highest BCUT2D eigenvalue weighted by molar-refractivity contribution is 6.34. The molecule has 0 fully saturated rings. The minimum absolute atomic E-state index is 0.133. The van der Waals surface area contributed by atoms with E-state index in [1.165, 1.54) is 0 Å². The highest BCUT2D eigenvalue weighted by atomic mass is 35.5. The summed E-state index contributed by atoms with van der Waals surface area (Å²) in [5.41, 5.74) is 0.920. The van der Waals surface area contributed by atoms with Crippen molar-refractivity contribution in [3.63, 3.8) is 0 Å². The second-order valence-electron chi connectivity index (χ2n) is 5.59. The Labute approximate surface area is 155 Å². The Morgan fingerprint density at radius 1 is 1.12 bits per heavy atom. The van der Waals surface area contributed by atoms with E-state index in [1.54, 1.807) is 18.2 Å². The van der Waals surface area contributed by atoms with Crippen LogP contribution in [0.3, 0.4) is 0 Å². The first-order valence-corrected chi connectivity index (χ1v) is 8.54. The number of hydrogen-bond donors (Lipinski definition) is 1. The van der Waals surface area contributed by atoms with E-state index in [9.17, 15) is 4.79 Å². The summed E-state index contributed by atoms with van der Waals surface area (Å²) < 4.78 is 16.5. The lowest BCUT2D eigenvalue weighted by molar-refractivity contribution is -0.123. The highest BCUT2D eigenvalue weighted by Crippen LogP contribution is 2.32. The maximum Gasteiger partial charge on any atom is 0.258 e. The molecule has 0 unspecified atom stereocenters. The third kappa shape index (κ3) is 4.71. The summed E-state index contributed by atoms with van der Waals surface area (Å²) in [6.45, 7) is 2.82. The number of fused-ring (bicyclic) bond motifs is 1. The topological polar surface area (TPSA) is 56.8 Å². The third-order valence-electron chi connectivity index (χ3n) is 3.65. The van der Waals surface area contributed by atoms with Crippen molar-refractivity contribution in [3.05, 3.63) is 52.0 Å². The van der Waals surface area contributed by atoms with Gasteiger partial charge in [-0.05, 0) is 42.8 Å². The van der Waals surface area contributed by atoms with Gasteiger partial charge in [0.05, 0.1) is 6.04 Å². The quantitative estimate of drug-likeness (QED) is 0.849. The average molecular weight is 382 g/mol. The summed E-state index contributed by atoms with van der Waals surface area (Å²) in [5.74, 6) is 1.60. The van der Waals surface area contributed by atoms with Gasteiger partial charge in [0.2, 0.25) is 0 Å². The maximum absolute atomic E-state index is 12.1. The van der Waals surface area contributed by atoms with Gasteiger partial charge in [0.25, 0.3) is 5.91 Å². The van der Waals surface area contributed by atoms with Gasteiger partial charge in [-0.3, -0.25) is 4.79 Å². The second-order valence-corrected chi connectivity index (χ2v) is 6.46. The normalized spacial score (nSPS) is 13.9. The van der Waals surface area contributed by atoms with Crippen molar-refractivity contribution in [2.45, 2.75) is 13.0 Å². The molecule has 0 spiro atoms. The van der Waals surface area contributed by atoms with Crippen LogP contribution in [0, 0.1) is 0 Å². The number of carbonyl (C=O) groups excluding carboxylic acids is 1. The van der Waals surface area contributed by atoms with Crippen molar-refractivity contribution >= 4 is 29.1 Å². The van der Waals surface area contributed by atoms with E-state index < -0.39 is 0 Å². The van der Waals surface area contributed by atoms with E-state index in [-0.39, 0.29) is 18.6 Å². The van der Waals surface area contributed by atoms with Gasteiger partial charge in [-0.25, -0.2) is 0 Å². The van der Waals surface area contributed by atoms with Gasteiger partial charge in [0, 0.05) is 10.0 Å². The molecule has 5 nitrogen and oxygen atoms in total. The van der Waals surface area contributed by atoms with Crippen LogP contribution in [0.25, 0.3) is 0 Å². The average Bonchev–Trinajstić information content (AvgIpc) is 2.58. The predicted octanol–water partition coefficient (Wildman–Crippen LogP) is 4.02. The fourth-order valence-electron chi connectivity index (χ4n) is 2.46. The molecule has 3 rings (SSSR count). The van der Waals surface area contributed by atoms with E-state index in [4.69, 9.17) is 37.4 Å². The first-order chi connectivity index (χ1) is 12.0. The number of carbonyl (C=O) groups is 1. The van der Waals surface area contributed by atoms with Crippen molar-refractivity contribution in [2.75, 3.05) is 19.8 Å². The van der Waals surface area contributed by atoms with Crippen molar-refractivity contribution in [2.24, 2.45) is 0 Å². The van der Waals surface area contributed by atoms with Gasteiger partial charge in [-0.1, -0.05) is 29.3 Å². The van der Waals surface area contributed by atoms with Crippen LogP contribution in [0.1, 0.15) is 18.5 Å². The van der Waals surface area contributed by atoms with E-state index >= 15 is 0 Å². The Kier molecular flexibility index (Phi) is 5.56. The Morgan fingerprint density at radius 2 is 1.80 bits per heavy atom. The fourth-order valence-corrected chi connectivity index (χ4v) is 2.96. The van der Waals surface area contributed by atoms with Gasteiger partial charge in [-0.15, -0.1) is 0 Å². The van der Waals surface area contributed by atoms with Crippen LogP contribution >= 0.6 is 23.2 Å². The number of halogens is 2. The maximum atomic E-state index is 12.1. The Bertz CT molecular complexity index is 761. The van der Waals surface area contributed by atoms with Gasteiger partial charge >= 0.3 is 0 Å². The first kappa shape index (κ1) is 17.7. The number of hydrogen-bond acceptors (Lipinski definition) is 4. The smallest absolute Gasteiger partial charge is 0.258 e. The number of amides is 1. The number of nitrogens with one attached hydrogen (secondary N) is 1. The van der Waals surface area contributed by atoms with Crippen LogP contribution in [-0.2, 0) is 4.79 Å². The van der Waals surface area contributed by atoms with E-state index in [0.29, 0.717) is 34.8 Å². The molecule has 0 saturated carbocycles. The summed E-state index contributed by atoms with van der Waals surface area (Å²) in [6, 6.07) is 10.2. The van der Waals surface area contributed by atoms with E-state index in [2.05, 4.69) is 5.32 Å². The van der Waals surface area contributed by atoms with Crippen molar-refractivity contribution < 1.29 is 19.0 Å². The largest absolute Gasteiger partial charge is 0.486 e. The zero-order valence-electron chi connectivity index (χ0n) is 13.6. The molecule has 2 aromatic rings. The van der Waals surface area contributed by atoms with Gasteiger partial charge in [0.1, 0.15) is 19.0 Å². The van der Waals surface area contributed by atoms with Crippen molar-refractivity contribution in [1.82, 2.24) is 5.32 Å². The molecule has 0 saturated heterocycles. The summed E-state index contributed by atoms with van der Waals surface area (Å²) in [7, 11) is 0. The number of rotatable bonds is 5. The molecule has 132 valence electrons. The molecule has 1 aliphatic rings. The summed E-state index contributed by atoms with van der Waals surface area (Å²) in [4.78, 5) is 12.1. The molecule has 0 radical (unpaired) electrons. The molecule has 2 aromatic carbocycles. The molecular weight excluding hydrogens is 365 g/mol. The third-order valence-corrected chi connectivity index (χ3v) is 4.09. The summed E-state index contributed by atoms with van der Waals surface area (Å²) >= 11 is 11.8. The van der Waals surface area contributed by atoms with Crippen LogP contribution in [0.15, 0.2) is 36.4 Å². The zero-order valence-corrected chi connectivity index (χ0v) is 15.1. The van der Waals surface area contributed by atoms with Crippen LogP contribution in [0.2, 0.25) is 10.0 Å². The summed E-state index contributed by atoms with van der Waals surface area (Å²) in [5, 5.41) is 3.78. The Hall–Kier alpha value is -2.11. The van der Waals surface area contributed by atoms with Crippen LogP contribution < -0.4 is 19.5 Å². The predicted molar refractivity (Wildman–Crippen MR) is 95.9 cm³/mol. The lowest BCUT2D eigenvalue weighted by Crippen LogP contribution is -2.31. The number of ether oxygens (including phenoxy) is 3. The molecule has 0 aliphatic carbocycles. The molecule has 1 amide bonds. The fraction of sp³-hybridized carbons (Fsp3) is 0.278. The van der Waals surface area contributed by atoms with Crippen LogP contribution in [-0.4, -0.2) is 25.7 Å². The van der Waals surface area contributed by atoms with Crippen molar-refractivity contribution in [1.29, 1.82) is 0 Å². The highest BCUT2D eigenvalue weighted by Gasteiger charge is 2.16. The lowest BCUT2D eigenvalue weighted by atomic mass is 10.1. The van der Waals surface area contributed by atoms with Gasteiger partial charge in [-0.2, -0.15) is 0 Å². The van der Waals surface area contributed by atoms with Crippen LogP contribution in [0.4, 0.5) is 0 Å². The second kappa shape index (κ2) is 7.85. The van der Waals surface area contributed by atoms with E-state index in [1.807, 2.05) is 25.1 Å². The standard InChI is InChI=1S/C18H17Cl2NO4/c1-11(12-2-3-16-17(6-12)24-5-4-23-16)21-18(22)10-25-15-8-13(19)7-14(20)9-15/h2-3,6-9,11H,4-5,10H2,1H3,(H,21,22)/t11-/m0/s1. The Balaban J connectivity index is 1.57. The SMILES string of the molecule is C[C@H](NC(=O)COc1cc(Cl)cc(Cl)c1)c1ccc2c(c1)OCCO2. The molecule has 7 heteroatoms. The minimum atomic E-state index is -0.251. The molecule has 25 heavy (non-hydrogen) atoms. The Morgan fingerprint density at radius 3 is 2.52 bits per heavy atom.